The molecule has 0 fully saturated rings. The van der Waals surface area contributed by atoms with E-state index in [1.54, 1.807) is 18.3 Å². The molecule has 0 bridgehead atoms. The van der Waals surface area contributed by atoms with Crippen LogP contribution in [-0.4, -0.2) is 22.3 Å². The van der Waals surface area contributed by atoms with E-state index in [0.29, 0.717) is 28.6 Å². The van der Waals surface area contributed by atoms with E-state index >= 15 is 0 Å². The first kappa shape index (κ1) is 18.5. The molecule has 1 aliphatic rings. The molecule has 0 spiro atoms. The zero-order chi connectivity index (χ0) is 18.6. The Hall–Kier alpha value is -2.83. The predicted molar refractivity (Wildman–Crippen MR) is 91.4 cm³/mol. The molecular formula is C18H18F3N3O. The number of alkyl halides is 3. The number of phenols is 1. The topological polar surface area (TPSA) is 71.5 Å². The van der Waals surface area contributed by atoms with Gasteiger partial charge in [0.25, 0.3) is 0 Å². The summed E-state index contributed by atoms with van der Waals surface area (Å²) < 4.78 is 38.2. The molecule has 2 aromatic rings. The number of nitrogens with zero attached hydrogens (tertiary/aromatic N) is 2. The molecule has 1 aliphatic heterocycles. The van der Waals surface area contributed by atoms with Crippen molar-refractivity contribution in [2.45, 2.75) is 20.0 Å². The van der Waals surface area contributed by atoms with E-state index in [0.717, 1.165) is 6.07 Å². The van der Waals surface area contributed by atoms with Crippen LogP contribution in [-0.2, 0) is 6.18 Å². The van der Waals surface area contributed by atoms with Gasteiger partial charge in [0.15, 0.2) is 0 Å². The van der Waals surface area contributed by atoms with Gasteiger partial charge in [-0.05, 0) is 30.3 Å². The van der Waals surface area contributed by atoms with Gasteiger partial charge in [0, 0.05) is 34.8 Å². The summed E-state index contributed by atoms with van der Waals surface area (Å²) in [5.41, 5.74) is 7.35. The van der Waals surface area contributed by atoms with Crippen LogP contribution in [0.4, 0.5) is 13.2 Å². The molecule has 4 nitrogen and oxygen atoms in total. The van der Waals surface area contributed by atoms with Crippen LogP contribution in [0, 0.1) is 0 Å². The summed E-state index contributed by atoms with van der Waals surface area (Å²) in [5.74, 6) is -0.484. The van der Waals surface area contributed by atoms with Crippen molar-refractivity contribution in [3.05, 3.63) is 65.0 Å². The van der Waals surface area contributed by atoms with Gasteiger partial charge in [-0.1, -0.05) is 13.8 Å². The first-order chi connectivity index (χ1) is 11.9. The quantitative estimate of drug-likeness (QED) is 0.818. The number of pyridine rings is 1. The number of rotatable bonds is 1. The second-order valence-electron chi connectivity index (χ2n) is 5.00. The Kier molecular flexibility index (Phi) is 5.46. The van der Waals surface area contributed by atoms with Crippen molar-refractivity contribution in [2.24, 2.45) is 10.7 Å². The number of aromatic hydroxyl groups is 1. The van der Waals surface area contributed by atoms with E-state index in [9.17, 15) is 18.3 Å². The van der Waals surface area contributed by atoms with Crippen molar-refractivity contribution in [3.8, 4) is 5.75 Å². The molecule has 0 saturated carbocycles. The van der Waals surface area contributed by atoms with E-state index in [-0.39, 0.29) is 12.1 Å². The number of nitrogens with two attached hydrogens (primary N) is 1. The van der Waals surface area contributed by atoms with Crippen LogP contribution in [0.3, 0.4) is 0 Å². The highest BCUT2D eigenvalue weighted by Gasteiger charge is 2.31. The molecular weight excluding hydrogens is 331 g/mol. The first-order valence-electron chi connectivity index (χ1n) is 7.73. The minimum Gasteiger partial charge on any atom is -0.507 e. The van der Waals surface area contributed by atoms with Crippen molar-refractivity contribution in [2.75, 3.05) is 6.54 Å². The summed E-state index contributed by atoms with van der Waals surface area (Å²) in [6, 6.07) is 4.49. The van der Waals surface area contributed by atoms with E-state index in [2.05, 4.69) is 9.98 Å². The molecule has 0 aliphatic carbocycles. The third kappa shape index (κ3) is 3.81. The Morgan fingerprint density at radius 2 is 1.80 bits per heavy atom. The highest BCUT2D eigenvalue weighted by atomic mass is 19.4. The number of hydrogen-bond donors (Lipinski definition) is 2. The minimum absolute atomic E-state index is 0.216. The number of fused-ring (bicyclic) bond motifs is 1. The number of benzene rings is 1. The summed E-state index contributed by atoms with van der Waals surface area (Å²) in [5, 5.41) is 10.0. The Labute approximate surface area is 143 Å². The highest BCUT2D eigenvalue weighted by molar-refractivity contribution is 6.16. The lowest BCUT2D eigenvalue weighted by Gasteiger charge is -2.13. The maximum absolute atomic E-state index is 12.7. The summed E-state index contributed by atoms with van der Waals surface area (Å²) in [4.78, 5) is 8.33. The number of aliphatic imine (C=N–C) groups is 1. The summed E-state index contributed by atoms with van der Waals surface area (Å²) in [6.07, 6.45) is 0.265. The molecule has 2 heterocycles. The lowest BCUT2D eigenvalue weighted by Crippen LogP contribution is -2.10. The number of phenolic OH excluding ortho intramolecular Hbond substituents is 1. The number of aromatic nitrogens is 1. The van der Waals surface area contributed by atoms with Gasteiger partial charge in [-0.2, -0.15) is 13.2 Å². The maximum Gasteiger partial charge on any atom is 0.416 e. The highest BCUT2D eigenvalue weighted by Crippen LogP contribution is 2.34. The summed E-state index contributed by atoms with van der Waals surface area (Å²) >= 11 is 0. The van der Waals surface area contributed by atoms with Crippen LogP contribution in [0.15, 0.2) is 47.7 Å². The first-order valence-corrected chi connectivity index (χ1v) is 7.73. The molecule has 0 amide bonds. The van der Waals surface area contributed by atoms with E-state index in [4.69, 9.17) is 5.73 Å². The van der Waals surface area contributed by atoms with Gasteiger partial charge in [-0.3, -0.25) is 9.98 Å². The number of hydrogen-bond acceptors (Lipinski definition) is 4. The van der Waals surface area contributed by atoms with E-state index in [1.807, 2.05) is 13.8 Å². The fourth-order valence-corrected chi connectivity index (χ4v) is 2.40. The molecule has 132 valence electrons. The molecule has 25 heavy (non-hydrogen) atoms. The monoisotopic (exact) mass is 349 g/mol. The maximum atomic E-state index is 12.7. The fourth-order valence-electron chi connectivity index (χ4n) is 2.40. The third-order valence-corrected chi connectivity index (χ3v) is 3.53. The van der Waals surface area contributed by atoms with Gasteiger partial charge in [0.2, 0.25) is 0 Å². The second-order valence-corrected chi connectivity index (χ2v) is 5.00. The van der Waals surface area contributed by atoms with Crippen molar-refractivity contribution >= 4 is 11.4 Å². The lowest BCUT2D eigenvalue weighted by molar-refractivity contribution is -0.137. The van der Waals surface area contributed by atoms with Gasteiger partial charge in [0.05, 0.1) is 17.8 Å². The molecule has 3 N–H and O–H groups in total. The smallest absolute Gasteiger partial charge is 0.416 e. The van der Waals surface area contributed by atoms with E-state index in [1.165, 1.54) is 12.3 Å². The standard InChI is InChI=1S/C16H12F3N3O.C2H6/c17-16(18,19)9-1-2-11(14(23)7-9)15-10-3-5-21-8-12(10)13(20)4-6-22-15;1-2/h1-5,7-8,23H,6,20H2;1-2H3. The van der Waals surface area contributed by atoms with Gasteiger partial charge >= 0.3 is 6.18 Å². The van der Waals surface area contributed by atoms with Crippen molar-refractivity contribution in [1.29, 1.82) is 0 Å². The molecule has 0 unspecified atom stereocenters. The van der Waals surface area contributed by atoms with Gasteiger partial charge in [-0.15, -0.1) is 0 Å². The summed E-state index contributed by atoms with van der Waals surface area (Å²) in [6.45, 7) is 4.26. The zero-order valence-electron chi connectivity index (χ0n) is 13.8. The second kappa shape index (κ2) is 7.38. The van der Waals surface area contributed by atoms with Gasteiger partial charge in [-0.25, -0.2) is 0 Å². The zero-order valence-corrected chi connectivity index (χ0v) is 13.8. The molecule has 0 atom stereocenters. The van der Waals surface area contributed by atoms with Crippen LogP contribution in [0.2, 0.25) is 0 Å². The van der Waals surface area contributed by atoms with Crippen LogP contribution in [0.25, 0.3) is 5.70 Å². The predicted octanol–water partition coefficient (Wildman–Crippen LogP) is 3.98. The van der Waals surface area contributed by atoms with Crippen LogP contribution >= 0.6 is 0 Å². The van der Waals surface area contributed by atoms with Crippen molar-refractivity contribution < 1.29 is 18.3 Å². The molecule has 0 radical (unpaired) electrons. The normalized spacial score (nSPS) is 13.6. The third-order valence-electron chi connectivity index (χ3n) is 3.53. The average Bonchev–Trinajstić information content (AvgIpc) is 2.75. The lowest BCUT2D eigenvalue weighted by atomic mass is 9.96. The minimum atomic E-state index is -4.52. The van der Waals surface area contributed by atoms with Gasteiger partial charge in [0.1, 0.15) is 5.75 Å². The molecule has 1 aromatic carbocycles. The average molecular weight is 349 g/mol. The SMILES string of the molecule is CC.NC1=CCN=C(c2ccc(C(F)(F)F)cc2O)c2ccncc21. The molecule has 7 heteroatoms. The largest absolute Gasteiger partial charge is 0.507 e. The molecule has 1 aromatic heterocycles. The van der Waals surface area contributed by atoms with Crippen LogP contribution in [0.1, 0.15) is 36.1 Å². The van der Waals surface area contributed by atoms with Crippen LogP contribution < -0.4 is 5.73 Å². The molecule has 3 rings (SSSR count). The Morgan fingerprint density at radius 3 is 2.44 bits per heavy atom. The van der Waals surface area contributed by atoms with Crippen molar-refractivity contribution in [1.82, 2.24) is 4.98 Å². The van der Waals surface area contributed by atoms with Crippen LogP contribution in [0.5, 0.6) is 5.75 Å². The Balaban J connectivity index is 0.00000109. The van der Waals surface area contributed by atoms with Crippen molar-refractivity contribution in [3.63, 3.8) is 0 Å². The Bertz CT molecular complexity index is 827. The summed E-state index contributed by atoms with van der Waals surface area (Å²) in [7, 11) is 0. The Morgan fingerprint density at radius 1 is 1.08 bits per heavy atom. The fraction of sp³-hybridized carbons (Fsp3) is 0.222. The van der Waals surface area contributed by atoms with E-state index < -0.39 is 17.5 Å². The molecule has 0 saturated heterocycles. The van der Waals surface area contributed by atoms with Gasteiger partial charge < -0.3 is 10.8 Å². The number of halogens is 3.